The van der Waals surface area contributed by atoms with Crippen LogP contribution in [0.2, 0.25) is 0 Å². The fourth-order valence-corrected chi connectivity index (χ4v) is 3.90. The predicted molar refractivity (Wildman–Crippen MR) is 84.1 cm³/mol. The van der Waals surface area contributed by atoms with Crippen LogP contribution < -0.4 is 5.32 Å². The molecule has 124 valence electrons. The second-order valence-electron chi connectivity index (χ2n) is 5.94. The van der Waals surface area contributed by atoms with E-state index in [1.54, 1.807) is 16.7 Å². The van der Waals surface area contributed by atoms with E-state index >= 15 is 0 Å². The smallest absolute Gasteiger partial charge is 0.307 e. The van der Waals surface area contributed by atoms with Gasteiger partial charge in [0.05, 0.1) is 18.9 Å². The van der Waals surface area contributed by atoms with Gasteiger partial charge in [0, 0.05) is 18.2 Å². The van der Waals surface area contributed by atoms with E-state index in [-0.39, 0.29) is 42.0 Å². The number of rotatable bonds is 6. The van der Waals surface area contributed by atoms with Crippen molar-refractivity contribution < 1.29 is 19.1 Å². The molecule has 2 rings (SSSR count). The first-order valence-electron chi connectivity index (χ1n) is 7.74. The summed E-state index contributed by atoms with van der Waals surface area (Å²) in [6, 6.07) is -0.439. The van der Waals surface area contributed by atoms with Gasteiger partial charge in [0.15, 0.2) is 0 Å². The van der Waals surface area contributed by atoms with Crippen LogP contribution in [0.4, 0.5) is 0 Å². The van der Waals surface area contributed by atoms with Crippen LogP contribution >= 0.6 is 11.8 Å². The summed E-state index contributed by atoms with van der Waals surface area (Å²) in [5.41, 5.74) is 0. The van der Waals surface area contributed by atoms with Crippen LogP contribution in [0, 0.1) is 11.8 Å². The largest absolute Gasteiger partial charge is 0.469 e. The summed E-state index contributed by atoms with van der Waals surface area (Å²) in [7, 11) is 1.32. The number of hydrogen-bond donors (Lipinski definition) is 1. The molecule has 3 atom stereocenters. The summed E-state index contributed by atoms with van der Waals surface area (Å²) in [5, 5.41) is 2.75. The van der Waals surface area contributed by atoms with Crippen molar-refractivity contribution in [2.45, 2.75) is 44.5 Å². The van der Waals surface area contributed by atoms with Gasteiger partial charge in [-0.25, -0.2) is 0 Å². The number of nitrogens with zero attached hydrogens (tertiary/aromatic N) is 1. The molecule has 0 spiro atoms. The Morgan fingerprint density at radius 2 is 2.05 bits per heavy atom. The van der Waals surface area contributed by atoms with Crippen molar-refractivity contribution in [3.05, 3.63) is 0 Å². The van der Waals surface area contributed by atoms with Gasteiger partial charge in [-0.3, -0.25) is 14.4 Å². The van der Waals surface area contributed by atoms with Crippen LogP contribution in [0.5, 0.6) is 0 Å². The summed E-state index contributed by atoms with van der Waals surface area (Å²) < 4.78 is 4.54. The van der Waals surface area contributed by atoms with Gasteiger partial charge in [-0.2, -0.15) is 0 Å². The lowest BCUT2D eigenvalue weighted by Crippen LogP contribution is -2.51. The number of esters is 1. The number of hydrogen-bond acceptors (Lipinski definition) is 5. The number of nitrogens with one attached hydrogen (secondary N) is 1. The van der Waals surface area contributed by atoms with Gasteiger partial charge >= 0.3 is 5.97 Å². The fourth-order valence-electron chi connectivity index (χ4n) is 2.72. The van der Waals surface area contributed by atoms with Gasteiger partial charge < -0.3 is 15.0 Å². The minimum Gasteiger partial charge on any atom is -0.469 e. The molecule has 1 aliphatic heterocycles. The third-order valence-electron chi connectivity index (χ3n) is 4.35. The minimum absolute atomic E-state index is 0.00785. The van der Waals surface area contributed by atoms with Crippen molar-refractivity contribution in [2.24, 2.45) is 11.8 Å². The van der Waals surface area contributed by atoms with E-state index in [4.69, 9.17) is 0 Å². The van der Waals surface area contributed by atoms with E-state index in [2.05, 4.69) is 10.1 Å². The number of thioether (sulfide) groups is 1. The fraction of sp³-hybridized carbons (Fsp3) is 0.800. The monoisotopic (exact) mass is 328 g/mol. The molecule has 0 aromatic rings. The minimum atomic E-state index is -0.439. The van der Waals surface area contributed by atoms with Crippen LogP contribution in [0.15, 0.2) is 0 Å². The number of carbonyl (C=O) groups excluding carboxylic acids is 3. The van der Waals surface area contributed by atoms with Crippen molar-refractivity contribution in [3.63, 3.8) is 0 Å². The second-order valence-corrected chi connectivity index (χ2v) is 7.29. The molecule has 7 heteroatoms. The van der Waals surface area contributed by atoms with Crippen molar-refractivity contribution in [2.75, 3.05) is 19.4 Å². The first-order chi connectivity index (χ1) is 10.5. The topological polar surface area (TPSA) is 75.7 Å². The zero-order valence-corrected chi connectivity index (χ0v) is 14.1. The Hall–Kier alpha value is -1.24. The van der Waals surface area contributed by atoms with Gasteiger partial charge in [-0.15, -0.1) is 11.8 Å². The molecule has 6 nitrogen and oxygen atoms in total. The van der Waals surface area contributed by atoms with E-state index < -0.39 is 6.04 Å². The Bertz CT molecular complexity index is 453. The number of ether oxygens (including phenoxy) is 1. The highest BCUT2D eigenvalue weighted by atomic mass is 32.2. The molecule has 1 N–H and O–H groups in total. The van der Waals surface area contributed by atoms with Gasteiger partial charge in [0.2, 0.25) is 11.8 Å². The molecule has 0 radical (unpaired) electrons. The van der Waals surface area contributed by atoms with E-state index in [0.29, 0.717) is 11.7 Å². The third kappa shape index (κ3) is 3.94. The average molecular weight is 328 g/mol. The first kappa shape index (κ1) is 17.1. The number of carbonyl (C=O) groups is 3. The van der Waals surface area contributed by atoms with Crippen LogP contribution in [-0.2, 0) is 19.1 Å². The SMILES string of the molecule is COC(=O)CCNC(=O)C1CSC(C)N1C(=O)C(C)C1CC1. The molecule has 3 unspecified atom stereocenters. The highest BCUT2D eigenvalue weighted by molar-refractivity contribution is 8.00. The Morgan fingerprint density at radius 3 is 2.64 bits per heavy atom. The summed E-state index contributed by atoms with van der Waals surface area (Å²) in [5.74, 6) is 0.615. The highest BCUT2D eigenvalue weighted by Crippen LogP contribution is 2.40. The molecule has 1 heterocycles. The molecule has 1 saturated carbocycles. The van der Waals surface area contributed by atoms with E-state index in [1.807, 2.05) is 13.8 Å². The quantitative estimate of drug-likeness (QED) is 0.736. The first-order valence-corrected chi connectivity index (χ1v) is 8.79. The molecule has 22 heavy (non-hydrogen) atoms. The van der Waals surface area contributed by atoms with Crippen molar-refractivity contribution in [3.8, 4) is 0 Å². The van der Waals surface area contributed by atoms with Crippen LogP contribution in [0.1, 0.15) is 33.1 Å². The Morgan fingerprint density at radius 1 is 1.36 bits per heavy atom. The van der Waals surface area contributed by atoms with Gasteiger partial charge in [-0.1, -0.05) is 6.92 Å². The zero-order chi connectivity index (χ0) is 16.3. The lowest BCUT2D eigenvalue weighted by molar-refractivity contribution is -0.143. The summed E-state index contributed by atoms with van der Waals surface area (Å²) in [4.78, 5) is 37.7. The van der Waals surface area contributed by atoms with Crippen molar-refractivity contribution in [1.29, 1.82) is 0 Å². The maximum Gasteiger partial charge on any atom is 0.307 e. The summed E-state index contributed by atoms with van der Waals surface area (Å²) >= 11 is 1.62. The Kier molecular flexibility index (Phi) is 5.72. The predicted octanol–water partition coefficient (Wildman–Crippen LogP) is 1.00. The van der Waals surface area contributed by atoms with Crippen molar-refractivity contribution in [1.82, 2.24) is 10.2 Å². The van der Waals surface area contributed by atoms with Crippen molar-refractivity contribution >= 4 is 29.5 Å². The highest BCUT2D eigenvalue weighted by Gasteiger charge is 2.43. The number of amides is 2. The maximum absolute atomic E-state index is 12.6. The molecule has 0 aromatic heterocycles. The molecule has 1 saturated heterocycles. The Balaban J connectivity index is 1.91. The molecular weight excluding hydrogens is 304 g/mol. The van der Waals surface area contributed by atoms with E-state index in [9.17, 15) is 14.4 Å². The van der Waals surface area contributed by atoms with E-state index in [0.717, 1.165) is 12.8 Å². The molecule has 0 aromatic carbocycles. The summed E-state index contributed by atoms with van der Waals surface area (Å²) in [6.45, 7) is 4.16. The Labute approximate surface area is 135 Å². The second kappa shape index (κ2) is 7.35. The molecular formula is C15H24N2O4S. The standard InChI is InChI=1S/C15H24N2O4S/c1-9(11-4-5-11)15(20)17-10(2)22-8-12(17)14(19)16-7-6-13(18)21-3/h9-12H,4-8H2,1-3H3,(H,16,19). The van der Waals surface area contributed by atoms with E-state index in [1.165, 1.54) is 7.11 Å². The van der Waals surface area contributed by atoms with Crippen LogP contribution in [0.25, 0.3) is 0 Å². The molecule has 2 aliphatic rings. The van der Waals surface area contributed by atoms with Crippen LogP contribution in [-0.4, -0.2) is 53.5 Å². The lowest BCUT2D eigenvalue weighted by atomic mass is 10.0. The molecule has 2 fully saturated rings. The van der Waals surface area contributed by atoms with Gasteiger partial charge in [0.25, 0.3) is 0 Å². The van der Waals surface area contributed by atoms with Gasteiger partial charge in [0.1, 0.15) is 6.04 Å². The molecule has 2 amide bonds. The third-order valence-corrected chi connectivity index (χ3v) is 5.57. The van der Waals surface area contributed by atoms with Crippen LogP contribution in [0.3, 0.4) is 0 Å². The zero-order valence-electron chi connectivity index (χ0n) is 13.3. The average Bonchev–Trinajstić information content (AvgIpc) is 3.28. The molecule has 0 bridgehead atoms. The molecule has 1 aliphatic carbocycles. The lowest BCUT2D eigenvalue weighted by Gasteiger charge is -2.29. The van der Waals surface area contributed by atoms with Gasteiger partial charge in [-0.05, 0) is 25.7 Å². The normalized spacial score (nSPS) is 25.7. The number of methoxy groups -OCH3 is 1. The summed E-state index contributed by atoms with van der Waals surface area (Å²) in [6.07, 6.45) is 2.36. The maximum atomic E-state index is 12.6.